The molecule has 0 saturated heterocycles. The molecular weight excluding hydrogens is 634 g/mol. The largest absolute Gasteiger partial charge is 0.495 e. The van der Waals surface area contributed by atoms with Crippen molar-refractivity contribution in [3.05, 3.63) is 124 Å². The van der Waals surface area contributed by atoms with Gasteiger partial charge in [-0.05, 0) is 68.7 Å². The predicted octanol–water partition coefficient (Wildman–Crippen LogP) is 6.72. The first kappa shape index (κ1) is 35.5. The minimum absolute atomic E-state index is 0.00152. The van der Waals surface area contributed by atoms with E-state index in [2.05, 4.69) is 5.32 Å². The van der Waals surface area contributed by atoms with Gasteiger partial charge in [-0.2, -0.15) is 0 Å². The zero-order valence-electron chi connectivity index (χ0n) is 27.4. The second kappa shape index (κ2) is 16.0. The van der Waals surface area contributed by atoms with E-state index in [1.807, 2.05) is 82.3 Å². The molecule has 8 nitrogen and oxygen atoms in total. The van der Waals surface area contributed by atoms with Crippen LogP contribution in [0.4, 0.5) is 5.69 Å². The molecule has 2 amide bonds. The first-order chi connectivity index (χ1) is 22.4. The smallest absolute Gasteiger partial charge is 0.264 e. The van der Waals surface area contributed by atoms with Gasteiger partial charge < -0.3 is 15.0 Å². The highest BCUT2D eigenvalue weighted by atomic mass is 35.5. The SMILES string of the molecule is CC[C@H](C)NC(=O)[C@H](Cc1ccccc1)N(Cc1ccc(C)cc1)C(=O)CN(c1cc(Cl)ccc1OC)S(=O)(=O)c1ccc(C)cc1. The minimum Gasteiger partial charge on any atom is -0.495 e. The molecule has 10 heteroatoms. The first-order valence-electron chi connectivity index (χ1n) is 15.5. The van der Waals surface area contributed by atoms with Crippen molar-refractivity contribution in [2.45, 2.75) is 64.1 Å². The fourth-order valence-electron chi connectivity index (χ4n) is 5.09. The van der Waals surface area contributed by atoms with E-state index in [0.29, 0.717) is 6.42 Å². The summed E-state index contributed by atoms with van der Waals surface area (Å²) >= 11 is 6.37. The van der Waals surface area contributed by atoms with Gasteiger partial charge >= 0.3 is 0 Å². The van der Waals surface area contributed by atoms with Crippen LogP contribution in [-0.2, 0) is 32.6 Å². The zero-order chi connectivity index (χ0) is 34.1. The average molecular weight is 676 g/mol. The average Bonchev–Trinajstić information content (AvgIpc) is 3.06. The molecule has 0 aromatic heterocycles. The molecule has 0 radical (unpaired) electrons. The summed E-state index contributed by atoms with van der Waals surface area (Å²) in [5.41, 5.74) is 3.69. The summed E-state index contributed by atoms with van der Waals surface area (Å²) in [4.78, 5) is 30.1. The number of nitrogens with zero attached hydrogens (tertiary/aromatic N) is 2. The number of ether oxygens (including phenoxy) is 1. The maximum atomic E-state index is 14.7. The van der Waals surface area contributed by atoms with Crippen LogP contribution < -0.4 is 14.4 Å². The number of benzene rings is 4. The predicted molar refractivity (Wildman–Crippen MR) is 187 cm³/mol. The molecule has 0 bridgehead atoms. The number of hydrogen-bond acceptors (Lipinski definition) is 5. The Kier molecular flexibility index (Phi) is 12.1. The molecule has 0 aliphatic rings. The van der Waals surface area contributed by atoms with Gasteiger partial charge in [0.2, 0.25) is 11.8 Å². The van der Waals surface area contributed by atoms with E-state index in [1.54, 1.807) is 24.3 Å². The summed E-state index contributed by atoms with van der Waals surface area (Å²) in [6.07, 6.45) is 0.929. The van der Waals surface area contributed by atoms with E-state index >= 15 is 0 Å². The molecule has 0 aliphatic carbocycles. The van der Waals surface area contributed by atoms with Crippen LogP contribution in [0.25, 0.3) is 0 Å². The van der Waals surface area contributed by atoms with E-state index in [0.717, 1.165) is 26.6 Å². The van der Waals surface area contributed by atoms with Crippen molar-refractivity contribution >= 4 is 39.1 Å². The highest BCUT2D eigenvalue weighted by Crippen LogP contribution is 2.35. The molecule has 4 rings (SSSR count). The third-order valence-corrected chi connectivity index (χ3v) is 10.1. The van der Waals surface area contributed by atoms with Gasteiger partial charge in [-0.15, -0.1) is 0 Å². The first-order valence-corrected chi connectivity index (χ1v) is 17.4. The van der Waals surface area contributed by atoms with Gasteiger partial charge in [-0.1, -0.05) is 96.4 Å². The number of aryl methyl sites for hydroxylation is 2. The summed E-state index contributed by atoms with van der Waals surface area (Å²) in [7, 11) is -2.89. The normalized spacial score (nSPS) is 12.6. The molecular formula is C37H42ClN3O5S. The summed E-state index contributed by atoms with van der Waals surface area (Å²) < 4.78 is 35.2. The summed E-state index contributed by atoms with van der Waals surface area (Å²) in [5, 5.41) is 3.32. The Morgan fingerprint density at radius 1 is 0.872 bits per heavy atom. The van der Waals surface area contributed by atoms with E-state index in [-0.39, 0.29) is 46.3 Å². The second-order valence-corrected chi connectivity index (χ2v) is 14.0. The third-order valence-electron chi connectivity index (χ3n) is 8.04. The van der Waals surface area contributed by atoms with Crippen LogP contribution in [0, 0.1) is 13.8 Å². The molecule has 0 spiro atoms. The van der Waals surface area contributed by atoms with Crippen LogP contribution in [0.1, 0.15) is 42.5 Å². The molecule has 0 aliphatic heterocycles. The van der Waals surface area contributed by atoms with Crippen molar-refractivity contribution in [2.24, 2.45) is 0 Å². The van der Waals surface area contributed by atoms with Gasteiger partial charge in [0, 0.05) is 24.0 Å². The molecule has 0 fully saturated rings. The lowest BCUT2D eigenvalue weighted by Crippen LogP contribution is -2.54. The van der Waals surface area contributed by atoms with Gasteiger partial charge in [0.1, 0.15) is 18.3 Å². The van der Waals surface area contributed by atoms with Gasteiger partial charge in [0.05, 0.1) is 17.7 Å². The number of methoxy groups -OCH3 is 1. The Hall–Kier alpha value is -4.34. The molecule has 4 aromatic carbocycles. The maximum absolute atomic E-state index is 14.7. The monoisotopic (exact) mass is 675 g/mol. The van der Waals surface area contributed by atoms with E-state index in [9.17, 15) is 18.0 Å². The number of amides is 2. The van der Waals surface area contributed by atoms with Crippen LogP contribution >= 0.6 is 11.6 Å². The quantitative estimate of drug-likeness (QED) is 0.160. The van der Waals surface area contributed by atoms with Gasteiger partial charge in [-0.3, -0.25) is 13.9 Å². The van der Waals surface area contributed by atoms with E-state index < -0.39 is 28.5 Å². The van der Waals surface area contributed by atoms with Crippen LogP contribution in [0.3, 0.4) is 0 Å². The van der Waals surface area contributed by atoms with Gasteiger partial charge in [0.25, 0.3) is 10.0 Å². The fraction of sp³-hybridized carbons (Fsp3) is 0.297. The van der Waals surface area contributed by atoms with Crippen molar-refractivity contribution in [3.63, 3.8) is 0 Å². The van der Waals surface area contributed by atoms with Crippen LogP contribution in [0.2, 0.25) is 5.02 Å². The Balaban J connectivity index is 1.85. The van der Waals surface area contributed by atoms with Crippen LogP contribution in [0.5, 0.6) is 5.75 Å². The molecule has 47 heavy (non-hydrogen) atoms. The Morgan fingerprint density at radius 3 is 2.09 bits per heavy atom. The summed E-state index contributed by atoms with van der Waals surface area (Å²) in [5.74, 6) is -0.668. The van der Waals surface area contributed by atoms with E-state index in [4.69, 9.17) is 16.3 Å². The van der Waals surface area contributed by atoms with Crippen molar-refractivity contribution in [1.29, 1.82) is 0 Å². The number of carbonyl (C=O) groups excluding carboxylic acids is 2. The van der Waals surface area contributed by atoms with Crippen molar-refractivity contribution in [2.75, 3.05) is 18.0 Å². The maximum Gasteiger partial charge on any atom is 0.264 e. The standard InChI is InChI=1S/C37H42ClN3O5S/c1-6-28(4)39-37(43)34(22-29-10-8-7-9-11-29)40(24-30-16-12-26(2)13-17-30)36(42)25-41(33-23-31(38)18-21-35(33)46-5)47(44,45)32-19-14-27(3)15-20-32/h7-21,23,28,34H,6,22,24-25H2,1-5H3,(H,39,43)/t28-,34-/m0/s1. The number of sulfonamides is 1. The Labute approximate surface area is 283 Å². The summed E-state index contributed by atoms with van der Waals surface area (Å²) in [6.45, 7) is 7.18. The number of carbonyl (C=O) groups is 2. The highest BCUT2D eigenvalue weighted by molar-refractivity contribution is 7.92. The van der Waals surface area contributed by atoms with Crippen molar-refractivity contribution in [1.82, 2.24) is 10.2 Å². The molecule has 0 heterocycles. The molecule has 1 N–H and O–H groups in total. The van der Waals surface area contributed by atoms with Crippen molar-refractivity contribution < 1.29 is 22.7 Å². The lowest BCUT2D eigenvalue weighted by atomic mass is 10.0. The number of halogens is 1. The lowest BCUT2D eigenvalue weighted by Gasteiger charge is -2.34. The third kappa shape index (κ3) is 9.14. The molecule has 0 saturated carbocycles. The topological polar surface area (TPSA) is 96.0 Å². The highest BCUT2D eigenvalue weighted by Gasteiger charge is 2.36. The Bertz CT molecular complexity index is 1760. The number of anilines is 1. The summed E-state index contributed by atoms with van der Waals surface area (Å²) in [6, 6.07) is 27.1. The molecule has 0 unspecified atom stereocenters. The van der Waals surface area contributed by atoms with Crippen LogP contribution in [0.15, 0.2) is 102 Å². The zero-order valence-corrected chi connectivity index (χ0v) is 29.0. The van der Waals surface area contributed by atoms with E-state index in [1.165, 1.54) is 30.2 Å². The minimum atomic E-state index is -4.31. The van der Waals surface area contributed by atoms with Crippen LogP contribution in [-0.4, -0.2) is 50.9 Å². The molecule has 248 valence electrons. The molecule has 2 atom stereocenters. The Morgan fingerprint density at radius 2 is 1.49 bits per heavy atom. The number of hydrogen-bond donors (Lipinski definition) is 1. The second-order valence-electron chi connectivity index (χ2n) is 11.7. The number of rotatable bonds is 14. The fourth-order valence-corrected chi connectivity index (χ4v) is 6.68. The van der Waals surface area contributed by atoms with Crippen molar-refractivity contribution in [3.8, 4) is 5.75 Å². The lowest BCUT2D eigenvalue weighted by molar-refractivity contribution is -0.140. The molecule has 4 aromatic rings. The van der Waals surface area contributed by atoms with Gasteiger partial charge in [0.15, 0.2) is 0 Å². The van der Waals surface area contributed by atoms with Gasteiger partial charge in [-0.25, -0.2) is 8.42 Å². The number of nitrogens with one attached hydrogen (secondary N) is 1.